The molecule has 0 unspecified atom stereocenters. The number of hydroxylamine groups is 2. The SMILES string of the molecule is CC(=O)ON1C(C)(C)CC(c2c(C(=O)O)cc(C(C)(C)C)c(O)c2C(C)(C)C)CC1(C)C. The Labute approximate surface area is 192 Å². The summed E-state index contributed by atoms with van der Waals surface area (Å²) < 4.78 is 0. The van der Waals surface area contributed by atoms with Crippen molar-refractivity contribution in [2.75, 3.05) is 0 Å². The number of hydrogen-bond donors (Lipinski definition) is 2. The first-order chi connectivity index (χ1) is 14.2. The summed E-state index contributed by atoms with van der Waals surface area (Å²) in [5.41, 5.74) is 0.340. The van der Waals surface area contributed by atoms with E-state index in [0.29, 0.717) is 29.5 Å². The summed E-state index contributed by atoms with van der Waals surface area (Å²) in [6, 6.07) is 1.65. The van der Waals surface area contributed by atoms with Crippen molar-refractivity contribution in [2.45, 2.75) is 117 Å². The van der Waals surface area contributed by atoms with Crippen LogP contribution in [0.25, 0.3) is 0 Å². The fourth-order valence-corrected chi connectivity index (χ4v) is 5.46. The number of carbonyl (C=O) groups is 2. The van der Waals surface area contributed by atoms with Crippen LogP contribution in [0.15, 0.2) is 6.07 Å². The van der Waals surface area contributed by atoms with Gasteiger partial charge in [0.1, 0.15) is 5.75 Å². The van der Waals surface area contributed by atoms with Crippen molar-refractivity contribution in [3.63, 3.8) is 0 Å². The molecule has 1 aromatic rings. The van der Waals surface area contributed by atoms with Crippen LogP contribution in [-0.4, -0.2) is 38.3 Å². The molecule has 32 heavy (non-hydrogen) atoms. The zero-order valence-electron chi connectivity index (χ0n) is 21.6. The Morgan fingerprint density at radius 3 is 1.81 bits per heavy atom. The second-order valence-electron chi connectivity index (χ2n) is 12.5. The second-order valence-corrected chi connectivity index (χ2v) is 12.5. The van der Waals surface area contributed by atoms with Gasteiger partial charge in [-0.25, -0.2) is 4.79 Å². The second kappa shape index (κ2) is 8.05. The molecular formula is C26H41NO5. The Morgan fingerprint density at radius 2 is 1.47 bits per heavy atom. The van der Waals surface area contributed by atoms with Crippen LogP contribution < -0.4 is 0 Å². The lowest BCUT2D eigenvalue weighted by Crippen LogP contribution is -2.60. The molecule has 2 rings (SSSR count). The van der Waals surface area contributed by atoms with Gasteiger partial charge in [0.2, 0.25) is 0 Å². The third-order valence-electron chi connectivity index (χ3n) is 6.35. The van der Waals surface area contributed by atoms with Gasteiger partial charge in [-0.15, -0.1) is 5.06 Å². The van der Waals surface area contributed by atoms with E-state index < -0.39 is 27.9 Å². The minimum absolute atomic E-state index is 0.132. The molecule has 1 heterocycles. The lowest BCUT2D eigenvalue weighted by molar-refractivity contribution is -0.266. The summed E-state index contributed by atoms with van der Waals surface area (Å²) >= 11 is 0. The van der Waals surface area contributed by atoms with Crippen LogP contribution >= 0.6 is 0 Å². The average Bonchev–Trinajstić information content (AvgIpc) is 2.54. The van der Waals surface area contributed by atoms with Crippen molar-refractivity contribution in [1.82, 2.24) is 5.06 Å². The number of phenolic OH excluding ortho intramolecular Hbond substituents is 1. The minimum Gasteiger partial charge on any atom is -0.507 e. The summed E-state index contributed by atoms with van der Waals surface area (Å²) in [7, 11) is 0. The van der Waals surface area contributed by atoms with Crippen LogP contribution in [0.2, 0.25) is 0 Å². The van der Waals surface area contributed by atoms with E-state index in [2.05, 4.69) is 0 Å². The van der Waals surface area contributed by atoms with E-state index in [1.165, 1.54) is 6.92 Å². The number of piperidine rings is 1. The average molecular weight is 448 g/mol. The van der Waals surface area contributed by atoms with E-state index in [1.807, 2.05) is 69.2 Å². The molecular weight excluding hydrogens is 406 g/mol. The normalized spacial score (nSPS) is 19.6. The fourth-order valence-electron chi connectivity index (χ4n) is 5.46. The Kier molecular flexibility index (Phi) is 6.58. The number of hydrogen-bond acceptors (Lipinski definition) is 5. The molecule has 0 aliphatic carbocycles. The fraction of sp³-hybridized carbons (Fsp3) is 0.692. The molecule has 0 spiro atoms. The molecule has 6 heteroatoms. The number of benzene rings is 1. The molecule has 1 aliphatic rings. The maximum Gasteiger partial charge on any atom is 0.335 e. The highest BCUT2D eigenvalue weighted by atomic mass is 16.7. The lowest BCUT2D eigenvalue weighted by Gasteiger charge is -2.53. The van der Waals surface area contributed by atoms with Crippen molar-refractivity contribution < 1.29 is 24.6 Å². The number of aromatic carboxylic acids is 1. The van der Waals surface area contributed by atoms with Crippen LogP contribution in [0.4, 0.5) is 0 Å². The zero-order valence-corrected chi connectivity index (χ0v) is 21.6. The van der Waals surface area contributed by atoms with E-state index in [-0.39, 0.29) is 23.2 Å². The molecule has 0 atom stereocenters. The summed E-state index contributed by atoms with van der Waals surface area (Å²) in [5.74, 6) is -1.32. The highest BCUT2D eigenvalue weighted by Crippen LogP contribution is 2.52. The number of carboxylic acids is 1. The molecule has 1 aliphatic heterocycles. The lowest BCUT2D eigenvalue weighted by atomic mass is 9.66. The number of nitrogens with zero attached hydrogens (tertiary/aromatic N) is 1. The minimum atomic E-state index is -0.992. The standard InChI is InChI=1S/C26H41NO5/c1-15(28)32-27-25(8,9)13-16(14-26(27,10)11)19-17(22(30)31)12-18(23(2,3)4)21(29)20(19)24(5,6)7/h12,16,29H,13-14H2,1-11H3,(H,30,31). The van der Waals surface area contributed by atoms with Gasteiger partial charge in [0.15, 0.2) is 0 Å². The van der Waals surface area contributed by atoms with Gasteiger partial charge in [-0.05, 0) is 68.9 Å². The van der Waals surface area contributed by atoms with E-state index in [4.69, 9.17) is 4.84 Å². The van der Waals surface area contributed by atoms with Crippen molar-refractivity contribution in [3.8, 4) is 5.75 Å². The van der Waals surface area contributed by atoms with E-state index in [9.17, 15) is 19.8 Å². The molecule has 0 radical (unpaired) electrons. The molecule has 1 aromatic carbocycles. The van der Waals surface area contributed by atoms with E-state index in [0.717, 1.165) is 0 Å². The van der Waals surface area contributed by atoms with Crippen molar-refractivity contribution in [1.29, 1.82) is 0 Å². The van der Waals surface area contributed by atoms with Crippen LogP contribution in [-0.2, 0) is 20.5 Å². The summed E-state index contributed by atoms with van der Waals surface area (Å²) in [4.78, 5) is 29.9. The van der Waals surface area contributed by atoms with Crippen molar-refractivity contribution in [2.24, 2.45) is 0 Å². The topological polar surface area (TPSA) is 87.1 Å². The number of phenols is 1. The predicted molar refractivity (Wildman–Crippen MR) is 126 cm³/mol. The Hall–Kier alpha value is -2.08. The maximum atomic E-state index is 12.5. The third-order valence-corrected chi connectivity index (χ3v) is 6.35. The number of carboxylic acid groups (broad SMARTS) is 1. The Morgan fingerprint density at radius 1 is 1.00 bits per heavy atom. The number of rotatable bonds is 3. The van der Waals surface area contributed by atoms with Gasteiger partial charge < -0.3 is 15.1 Å². The predicted octanol–water partition coefficient (Wildman–Crippen LogP) is 5.90. The number of carbonyl (C=O) groups excluding carboxylic acids is 1. The smallest absolute Gasteiger partial charge is 0.335 e. The molecule has 1 fully saturated rings. The molecule has 2 N–H and O–H groups in total. The molecule has 180 valence electrons. The monoisotopic (exact) mass is 447 g/mol. The summed E-state index contributed by atoms with van der Waals surface area (Å²) in [6.45, 7) is 21.4. The molecule has 0 aromatic heterocycles. The van der Waals surface area contributed by atoms with Gasteiger partial charge in [-0.2, -0.15) is 0 Å². The first-order valence-electron chi connectivity index (χ1n) is 11.3. The van der Waals surface area contributed by atoms with Gasteiger partial charge in [0, 0.05) is 18.1 Å². The van der Waals surface area contributed by atoms with Crippen molar-refractivity contribution >= 4 is 11.9 Å². The third kappa shape index (κ3) is 4.95. The molecule has 0 amide bonds. The van der Waals surface area contributed by atoms with Crippen LogP contribution in [0.5, 0.6) is 5.75 Å². The summed E-state index contributed by atoms with van der Waals surface area (Å²) in [5, 5.41) is 23.4. The number of aromatic hydroxyl groups is 1. The van der Waals surface area contributed by atoms with Gasteiger partial charge in [0.05, 0.1) is 16.6 Å². The molecule has 6 nitrogen and oxygen atoms in total. The van der Waals surface area contributed by atoms with Gasteiger partial charge in [0.25, 0.3) is 0 Å². The van der Waals surface area contributed by atoms with E-state index >= 15 is 0 Å². The first kappa shape index (κ1) is 26.2. The van der Waals surface area contributed by atoms with Crippen LogP contribution in [0.1, 0.15) is 122 Å². The zero-order chi connectivity index (χ0) is 25.0. The first-order valence-corrected chi connectivity index (χ1v) is 11.3. The van der Waals surface area contributed by atoms with Crippen molar-refractivity contribution in [3.05, 3.63) is 28.3 Å². The Balaban J connectivity index is 2.84. The summed E-state index contributed by atoms with van der Waals surface area (Å²) in [6.07, 6.45) is 1.17. The molecule has 0 saturated carbocycles. The van der Waals surface area contributed by atoms with Gasteiger partial charge in [-0.1, -0.05) is 41.5 Å². The quantitative estimate of drug-likeness (QED) is 0.600. The highest BCUT2D eigenvalue weighted by molar-refractivity contribution is 5.91. The maximum absolute atomic E-state index is 12.5. The molecule has 0 bridgehead atoms. The molecule has 1 saturated heterocycles. The van der Waals surface area contributed by atoms with E-state index in [1.54, 1.807) is 11.1 Å². The largest absolute Gasteiger partial charge is 0.507 e. The van der Waals surface area contributed by atoms with Gasteiger partial charge in [-0.3, -0.25) is 4.79 Å². The van der Waals surface area contributed by atoms with Crippen LogP contribution in [0, 0.1) is 0 Å². The van der Waals surface area contributed by atoms with Gasteiger partial charge >= 0.3 is 11.9 Å². The van der Waals surface area contributed by atoms with Crippen LogP contribution in [0.3, 0.4) is 0 Å². The Bertz CT molecular complexity index is 898. The highest BCUT2D eigenvalue weighted by Gasteiger charge is 2.50.